The van der Waals surface area contributed by atoms with E-state index in [2.05, 4.69) is 9.24 Å². The summed E-state index contributed by atoms with van der Waals surface area (Å²) in [5.41, 5.74) is 0.0600. The van der Waals surface area contributed by atoms with Gasteiger partial charge in [-0.2, -0.15) is 0 Å². The van der Waals surface area contributed by atoms with Crippen LogP contribution >= 0.6 is 21.0 Å². The van der Waals surface area contributed by atoms with Crippen molar-refractivity contribution in [2.75, 3.05) is 26.2 Å². The van der Waals surface area contributed by atoms with Crippen molar-refractivity contribution in [1.29, 1.82) is 0 Å². The molecule has 1 aliphatic rings. The van der Waals surface area contributed by atoms with Crippen molar-refractivity contribution >= 4 is 26.7 Å². The van der Waals surface area contributed by atoms with Crippen LogP contribution in [0.2, 0.25) is 0 Å². The minimum Gasteiger partial charge on any atom is -0.337 e. The molecule has 1 aliphatic heterocycles. The van der Waals surface area contributed by atoms with E-state index < -0.39 is 0 Å². The molecule has 1 atom stereocenters. The summed E-state index contributed by atoms with van der Waals surface area (Å²) in [6.45, 7) is 3.01. The van der Waals surface area contributed by atoms with Crippen LogP contribution in [0.3, 0.4) is 0 Å². The lowest BCUT2D eigenvalue weighted by Crippen LogP contribution is -2.43. The average molecular weight is 181 g/mol. The van der Waals surface area contributed by atoms with Crippen molar-refractivity contribution in [1.82, 2.24) is 9.32 Å². The predicted octanol–water partition coefficient (Wildman–Crippen LogP) is 0.753. The molecule has 0 aromatic heterocycles. The molecule has 0 aromatic rings. The third kappa shape index (κ3) is 2.08. The Balaban J connectivity index is 2.33. The monoisotopic (exact) mass is 180 g/mol. The van der Waals surface area contributed by atoms with Gasteiger partial charge in [-0.15, -0.1) is 0 Å². The van der Waals surface area contributed by atoms with Gasteiger partial charge in [0.05, 0.1) is 0 Å². The number of carbonyl (C=O) groups is 1. The number of rotatable bonds is 0. The number of carbonyl (C=O) groups excluding carboxylic acids is 1. The number of amides is 1. The second-order valence-corrected chi connectivity index (χ2v) is 3.21. The van der Waals surface area contributed by atoms with Gasteiger partial charge in [-0.1, -0.05) is 0 Å². The van der Waals surface area contributed by atoms with Gasteiger partial charge in [-0.05, 0) is 21.0 Å². The van der Waals surface area contributed by atoms with Crippen molar-refractivity contribution in [2.45, 2.75) is 0 Å². The molecule has 0 aliphatic carbocycles. The molecule has 1 amide bonds. The van der Waals surface area contributed by atoms with Crippen molar-refractivity contribution in [3.05, 3.63) is 0 Å². The van der Waals surface area contributed by atoms with Gasteiger partial charge in [0.2, 0.25) is 5.65 Å². The lowest BCUT2D eigenvalue weighted by Gasteiger charge is -2.29. The summed E-state index contributed by atoms with van der Waals surface area (Å²) in [7, 11) is 2.16. The molecule has 0 spiro atoms. The molecule has 1 fully saturated rings. The van der Waals surface area contributed by atoms with E-state index in [9.17, 15) is 4.79 Å². The number of hydrogen-bond donors (Lipinski definition) is 0. The summed E-state index contributed by atoms with van der Waals surface area (Å²) in [5, 5.41) is 0. The van der Waals surface area contributed by atoms with Gasteiger partial charge < -0.3 is 4.90 Å². The molecule has 3 nitrogen and oxygen atoms in total. The summed E-state index contributed by atoms with van der Waals surface area (Å²) < 4.78 is 1.70. The molecule has 1 saturated heterocycles. The molecule has 1 rings (SSSR count). The van der Waals surface area contributed by atoms with Crippen molar-refractivity contribution in [2.24, 2.45) is 0 Å². The second kappa shape index (κ2) is 3.51. The highest BCUT2D eigenvalue weighted by atomic mass is 35.5. The van der Waals surface area contributed by atoms with Crippen molar-refractivity contribution in [3.63, 3.8) is 0 Å². The van der Waals surface area contributed by atoms with Crippen molar-refractivity contribution < 1.29 is 4.79 Å². The van der Waals surface area contributed by atoms with Crippen LogP contribution in [0.5, 0.6) is 0 Å². The maximum Gasteiger partial charge on any atom is 0.237 e. The van der Waals surface area contributed by atoms with E-state index in [-0.39, 0.29) is 5.65 Å². The van der Waals surface area contributed by atoms with Gasteiger partial charge in [0, 0.05) is 26.2 Å². The maximum atomic E-state index is 10.7. The first kappa shape index (κ1) is 8.25. The summed E-state index contributed by atoms with van der Waals surface area (Å²) in [6.07, 6.45) is 0. The lowest BCUT2D eigenvalue weighted by atomic mass is 10.4. The molecule has 0 aromatic carbocycles. The number of hydrogen-bond acceptors (Lipinski definition) is 2. The molecule has 58 valence electrons. The first-order valence-electron chi connectivity index (χ1n) is 3.15. The van der Waals surface area contributed by atoms with E-state index in [1.54, 1.807) is 9.32 Å². The summed E-state index contributed by atoms with van der Waals surface area (Å²) in [5.74, 6) is 0. The van der Waals surface area contributed by atoms with E-state index in [0.29, 0.717) is 0 Å². The van der Waals surface area contributed by atoms with Gasteiger partial charge in [0.25, 0.3) is 0 Å². The van der Waals surface area contributed by atoms with E-state index >= 15 is 0 Å². The predicted molar refractivity (Wildman–Crippen MR) is 44.1 cm³/mol. The molecular weight excluding hydrogens is 170 g/mol. The molecule has 1 unspecified atom stereocenters. The van der Waals surface area contributed by atoms with Crippen LogP contribution in [0.1, 0.15) is 0 Å². The van der Waals surface area contributed by atoms with E-state index in [4.69, 9.17) is 11.8 Å². The van der Waals surface area contributed by atoms with Gasteiger partial charge >= 0.3 is 0 Å². The van der Waals surface area contributed by atoms with Crippen LogP contribution in [-0.4, -0.2) is 41.1 Å². The standard InChI is InChI=1S/C5H10ClN2OP/c6-8-3-1-7(2-4-8)5(9)10/h1-4,10H2. The largest absolute Gasteiger partial charge is 0.337 e. The topological polar surface area (TPSA) is 23.6 Å². The molecule has 5 heteroatoms. The first-order chi connectivity index (χ1) is 4.70. The van der Waals surface area contributed by atoms with Crippen LogP contribution in [0.4, 0.5) is 4.79 Å². The smallest absolute Gasteiger partial charge is 0.237 e. The summed E-state index contributed by atoms with van der Waals surface area (Å²) in [6, 6.07) is 0. The second-order valence-electron chi connectivity index (χ2n) is 2.24. The van der Waals surface area contributed by atoms with Crippen LogP contribution < -0.4 is 0 Å². The Morgan fingerprint density at radius 1 is 1.30 bits per heavy atom. The first-order valence-corrected chi connectivity index (χ1v) is 4.07. The normalized spacial score (nSPS) is 21.2. The van der Waals surface area contributed by atoms with E-state index in [1.165, 1.54) is 0 Å². The SMILES string of the molecule is O=C(P)N1CCN(Cl)CC1. The molecule has 0 bridgehead atoms. The molecule has 0 saturated carbocycles. The zero-order chi connectivity index (χ0) is 7.56. The fourth-order valence-electron chi connectivity index (χ4n) is 0.902. The fourth-order valence-corrected chi connectivity index (χ4v) is 1.31. The molecular formula is C5H10ClN2OP. The highest BCUT2D eigenvalue weighted by molar-refractivity contribution is 7.39. The number of nitrogens with zero attached hydrogens (tertiary/aromatic N) is 2. The van der Waals surface area contributed by atoms with E-state index in [1.807, 2.05) is 0 Å². The maximum absolute atomic E-state index is 10.7. The Labute approximate surface area is 67.6 Å². The minimum absolute atomic E-state index is 0.0600. The Kier molecular flexibility index (Phi) is 2.90. The zero-order valence-electron chi connectivity index (χ0n) is 5.59. The summed E-state index contributed by atoms with van der Waals surface area (Å²) in [4.78, 5) is 12.5. The zero-order valence-corrected chi connectivity index (χ0v) is 7.50. The van der Waals surface area contributed by atoms with E-state index in [0.717, 1.165) is 26.2 Å². The molecule has 0 radical (unpaired) electrons. The number of piperazine rings is 1. The molecule has 1 heterocycles. The van der Waals surface area contributed by atoms with Gasteiger partial charge in [0.15, 0.2) is 0 Å². The Bertz CT molecular complexity index is 136. The Morgan fingerprint density at radius 3 is 2.20 bits per heavy atom. The van der Waals surface area contributed by atoms with Crippen molar-refractivity contribution in [3.8, 4) is 0 Å². The average Bonchev–Trinajstić information content (AvgIpc) is 1.88. The van der Waals surface area contributed by atoms with Gasteiger partial charge in [-0.3, -0.25) is 4.79 Å². The molecule has 0 N–H and O–H groups in total. The molecule has 10 heavy (non-hydrogen) atoms. The van der Waals surface area contributed by atoms with Crippen LogP contribution in [0, 0.1) is 0 Å². The minimum atomic E-state index is 0.0600. The van der Waals surface area contributed by atoms with Crippen LogP contribution in [0.25, 0.3) is 0 Å². The fraction of sp³-hybridized carbons (Fsp3) is 0.800. The Hall–Kier alpha value is 0.150. The number of halogens is 1. The van der Waals surface area contributed by atoms with Crippen LogP contribution in [0.15, 0.2) is 0 Å². The quantitative estimate of drug-likeness (QED) is 0.406. The van der Waals surface area contributed by atoms with Gasteiger partial charge in [0.1, 0.15) is 0 Å². The van der Waals surface area contributed by atoms with Crippen LogP contribution in [-0.2, 0) is 0 Å². The van der Waals surface area contributed by atoms with Gasteiger partial charge in [-0.25, -0.2) is 4.42 Å². The third-order valence-corrected chi connectivity index (χ3v) is 2.24. The lowest BCUT2D eigenvalue weighted by molar-refractivity contribution is 0.196. The summed E-state index contributed by atoms with van der Waals surface area (Å²) >= 11 is 5.68. The highest BCUT2D eigenvalue weighted by Crippen LogP contribution is 2.06. The third-order valence-electron chi connectivity index (χ3n) is 1.54. The highest BCUT2D eigenvalue weighted by Gasteiger charge is 2.16. The Morgan fingerprint density at radius 2 is 1.80 bits per heavy atom.